The molecule has 0 heterocycles. The summed E-state index contributed by atoms with van der Waals surface area (Å²) in [5.41, 5.74) is 5.74. The van der Waals surface area contributed by atoms with E-state index in [4.69, 9.17) is 4.74 Å². The molecule has 0 aromatic heterocycles. The van der Waals surface area contributed by atoms with E-state index in [9.17, 15) is 4.79 Å². The van der Waals surface area contributed by atoms with Crippen molar-refractivity contribution >= 4 is 5.97 Å². The largest absolute Gasteiger partial charge is 0.462 e. The monoisotopic (exact) mass is 460 g/mol. The quantitative estimate of drug-likeness (QED) is 0.114. The molecule has 0 saturated heterocycles. The Morgan fingerprint density at radius 3 is 2.09 bits per heavy atom. The smallest absolute Gasteiger partial charge is 0.338 e. The van der Waals surface area contributed by atoms with Crippen LogP contribution in [0.2, 0.25) is 0 Å². The van der Waals surface area contributed by atoms with Crippen LogP contribution in [0.25, 0.3) is 11.1 Å². The zero-order chi connectivity index (χ0) is 23.8. The maximum Gasteiger partial charge on any atom is 0.338 e. The number of carbonyl (C=O) groups is 1. The molecule has 2 aromatic carbocycles. The highest BCUT2D eigenvalue weighted by Crippen LogP contribution is 2.36. The van der Waals surface area contributed by atoms with Gasteiger partial charge in [-0.15, -0.1) is 0 Å². The first kappa shape index (κ1) is 26.3. The molecule has 0 atom stereocenters. The second-order valence-electron chi connectivity index (χ2n) is 9.78. The highest BCUT2D eigenvalue weighted by molar-refractivity contribution is 5.92. The number of benzene rings is 2. The lowest BCUT2D eigenvalue weighted by atomic mass is 10.0. The molecule has 0 saturated carbocycles. The molecular formula is C32H44O2. The molecular weight excluding hydrogens is 416 g/mol. The molecule has 0 amide bonds. The third-order valence-electron chi connectivity index (χ3n) is 6.92. The summed E-state index contributed by atoms with van der Waals surface area (Å²) in [6, 6.07) is 14.4. The maximum absolute atomic E-state index is 12.5. The lowest BCUT2D eigenvalue weighted by Crippen LogP contribution is -2.06. The number of allylic oxidation sites excluding steroid dienone is 2. The molecule has 3 rings (SSSR count). The van der Waals surface area contributed by atoms with Crippen LogP contribution < -0.4 is 0 Å². The third-order valence-corrected chi connectivity index (χ3v) is 6.92. The molecule has 0 bridgehead atoms. The van der Waals surface area contributed by atoms with Crippen LogP contribution in [0.5, 0.6) is 0 Å². The van der Waals surface area contributed by atoms with Gasteiger partial charge < -0.3 is 4.74 Å². The summed E-state index contributed by atoms with van der Waals surface area (Å²) in [5, 5.41) is 0. The van der Waals surface area contributed by atoms with E-state index in [2.05, 4.69) is 49.4 Å². The summed E-state index contributed by atoms with van der Waals surface area (Å²) >= 11 is 0. The van der Waals surface area contributed by atoms with Gasteiger partial charge in [0.2, 0.25) is 0 Å². The van der Waals surface area contributed by atoms with Gasteiger partial charge in [-0.3, -0.25) is 0 Å². The summed E-state index contributed by atoms with van der Waals surface area (Å²) in [4.78, 5) is 12.5. The Labute approximate surface area is 207 Å². The fraction of sp³-hybridized carbons (Fsp3) is 0.531. The van der Waals surface area contributed by atoms with E-state index in [1.807, 2.05) is 12.1 Å². The lowest BCUT2D eigenvalue weighted by molar-refractivity contribution is 0.0497. The van der Waals surface area contributed by atoms with Crippen molar-refractivity contribution in [1.82, 2.24) is 0 Å². The molecule has 184 valence electrons. The summed E-state index contributed by atoms with van der Waals surface area (Å²) < 4.78 is 5.55. The number of ether oxygens (including phenoxy) is 1. The minimum absolute atomic E-state index is 0.195. The van der Waals surface area contributed by atoms with Gasteiger partial charge in [0, 0.05) is 0 Å². The van der Waals surface area contributed by atoms with Crippen molar-refractivity contribution in [2.75, 3.05) is 6.61 Å². The summed E-state index contributed by atoms with van der Waals surface area (Å²) in [7, 11) is 0. The van der Waals surface area contributed by atoms with Crippen molar-refractivity contribution in [1.29, 1.82) is 0 Å². The zero-order valence-corrected chi connectivity index (χ0v) is 21.3. The fourth-order valence-electron chi connectivity index (χ4n) is 4.85. The van der Waals surface area contributed by atoms with Gasteiger partial charge in [0.15, 0.2) is 0 Å². The molecule has 0 spiro atoms. The fourth-order valence-corrected chi connectivity index (χ4v) is 4.85. The van der Waals surface area contributed by atoms with E-state index in [0.717, 1.165) is 19.3 Å². The van der Waals surface area contributed by atoms with Crippen molar-refractivity contribution in [3.63, 3.8) is 0 Å². The van der Waals surface area contributed by atoms with Crippen LogP contribution in [0, 0.1) is 0 Å². The highest BCUT2D eigenvalue weighted by atomic mass is 16.5. The van der Waals surface area contributed by atoms with Gasteiger partial charge in [0.25, 0.3) is 0 Å². The number of carbonyl (C=O) groups excluding carboxylic acids is 1. The number of hydrogen-bond donors (Lipinski definition) is 0. The molecule has 0 radical (unpaired) electrons. The van der Waals surface area contributed by atoms with Gasteiger partial charge >= 0.3 is 5.97 Å². The average Bonchev–Trinajstić information content (AvgIpc) is 3.23. The van der Waals surface area contributed by atoms with Crippen molar-refractivity contribution in [2.24, 2.45) is 0 Å². The molecule has 34 heavy (non-hydrogen) atoms. The van der Waals surface area contributed by atoms with Gasteiger partial charge in [0.05, 0.1) is 12.2 Å². The molecule has 0 aliphatic heterocycles. The molecule has 2 aromatic rings. The van der Waals surface area contributed by atoms with Crippen molar-refractivity contribution < 1.29 is 9.53 Å². The van der Waals surface area contributed by atoms with E-state index < -0.39 is 0 Å². The van der Waals surface area contributed by atoms with Crippen LogP contribution in [0.4, 0.5) is 0 Å². The number of esters is 1. The number of fused-ring (bicyclic) bond motifs is 3. The molecule has 0 N–H and O–H groups in total. The first-order valence-electron chi connectivity index (χ1n) is 13.8. The normalized spacial score (nSPS) is 12.1. The molecule has 0 fully saturated rings. The minimum Gasteiger partial charge on any atom is -0.462 e. The zero-order valence-electron chi connectivity index (χ0n) is 21.3. The number of hydrogen-bond acceptors (Lipinski definition) is 2. The van der Waals surface area contributed by atoms with Crippen LogP contribution >= 0.6 is 0 Å². The van der Waals surface area contributed by atoms with Gasteiger partial charge in [-0.2, -0.15) is 0 Å². The Morgan fingerprint density at radius 2 is 1.35 bits per heavy atom. The predicted molar refractivity (Wildman–Crippen MR) is 144 cm³/mol. The Hall–Kier alpha value is -2.35. The van der Waals surface area contributed by atoms with E-state index in [1.54, 1.807) is 0 Å². The summed E-state index contributed by atoms with van der Waals surface area (Å²) in [6.45, 7) is 2.80. The van der Waals surface area contributed by atoms with Crippen molar-refractivity contribution in [2.45, 2.75) is 103 Å². The minimum atomic E-state index is -0.195. The first-order chi connectivity index (χ1) is 16.8. The van der Waals surface area contributed by atoms with E-state index in [0.29, 0.717) is 12.2 Å². The van der Waals surface area contributed by atoms with Crippen LogP contribution in [0.3, 0.4) is 0 Å². The standard InChI is InChI=1S/C32H44O2/c1-2-3-4-5-6-7-8-9-10-11-12-13-14-15-16-19-24-34-32(33)29-23-22-28-25-27-20-17-18-21-30(27)31(28)26-29/h9-10,17-18,20-23,26H,2-8,11-16,19,24-25H2,1H3/b10-9-. The second-order valence-corrected chi connectivity index (χ2v) is 9.78. The van der Waals surface area contributed by atoms with E-state index in [1.165, 1.54) is 99.3 Å². The molecule has 2 nitrogen and oxygen atoms in total. The van der Waals surface area contributed by atoms with Crippen LogP contribution in [0.1, 0.15) is 118 Å². The third kappa shape index (κ3) is 8.78. The van der Waals surface area contributed by atoms with Gasteiger partial charge in [-0.05, 0) is 72.9 Å². The summed E-state index contributed by atoms with van der Waals surface area (Å²) in [5.74, 6) is -0.195. The average molecular weight is 461 g/mol. The van der Waals surface area contributed by atoms with E-state index >= 15 is 0 Å². The number of rotatable bonds is 17. The predicted octanol–water partition coefficient (Wildman–Crippen LogP) is 9.45. The molecule has 1 aliphatic rings. The van der Waals surface area contributed by atoms with Crippen molar-refractivity contribution in [3.05, 3.63) is 71.3 Å². The SMILES string of the molecule is CCCCCCCC/C=C\CCCCCCCCOC(=O)c1ccc2c(c1)-c1ccccc1C2. The number of unbranched alkanes of at least 4 members (excludes halogenated alkanes) is 12. The van der Waals surface area contributed by atoms with E-state index in [-0.39, 0.29) is 5.97 Å². The molecule has 2 heteroatoms. The Kier molecular flexibility index (Phi) is 12.0. The van der Waals surface area contributed by atoms with Gasteiger partial charge in [-0.25, -0.2) is 4.79 Å². The van der Waals surface area contributed by atoms with Crippen LogP contribution in [-0.2, 0) is 11.2 Å². The molecule has 1 aliphatic carbocycles. The maximum atomic E-state index is 12.5. The van der Waals surface area contributed by atoms with Gasteiger partial charge in [0.1, 0.15) is 0 Å². The van der Waals surface area contributed by atoms with Crippen LogP contribution in [-0.4, -0.2) is 12.6 Å². The Bertz CT molecular complexity index is 896. The van der Waals surface area contributed by atoms with Gasteiger partial charge in [-0.1, -0.05) is 107 Å². The lowest BCUT2D eigenvalue weighted by Gasteiger charge is -2.07. The first-order valence-corrected chi connectivity index (χ1v) is 13.8. The topological polar surface area (TPSA) is 26.3 Å². The Morgan fingerprint density at radius 1 is 0.735 bits per heavy atom. The second kappa shape index (κ2) is 15.5. The summed E-state index contributed by atoms with van der Waals surface area (Å²) in [6.07, 6.45) is 23.7. The molecule has 0 unspecified atom stereocenters. The van der Waals surface area contributed by atoms with Crippen LogP contribution in [0.15, 0.2) is 54.6 Å². The highest BCUT2D eigenvalue weighted by Gasteiger charge is 2.19. The van der Waals surface area contributed by atoms with Crippen molar-refractivity contribution in [3.8, 4) is 11.1 Å². The Balaban J connectivity index is 1.18.